The normalized spacial score (nSPS) is 10.9. The highest BCUT2D eigenvalue weighted by molar-refractivity contribution is 5.91. The summed E-state index contributed by atoms with van der Waals surface area (Å²) >= 11 is 0. The Hall–Kier alpha value is -3.80. The van der Waals surface area contributed by atoms with E-state index in [2.05, 4.69) is 34.9 Å². The number of imidazole rings is 1. The molecule has 0 unspecified atom stereocenters. The maximum absolute atomic E-state index is 11.4. The van der Waals surface area contributed by atoms with E-state index in [4.69, 9.17) is 14.5 Å². The predicted molar refractivity (Wildman–Crippen MR) is 119 cm³/mol. The van der Waals surface area contributed by atoms with Crippen LogP contribution in [0.2, 0.25) is 0 Å². The molecule has 0 saturated carbocycles. The van der Waals surface area contributed by atoms with Gasteiger partial charge in [-0.25, -0.2) is 9.78 Å². The van der Waals surface area contributed by atoms with Gasteiger partial charge in [0.05, 0.1) is 17.6 Å². The van der Waals surface area contributed by atoms with Gasteiger partial charge in [-0.05, 0) is 49.2 Å². The first-order valence-electron chi connectivity index (χ1n) is 10.2. The Balaban J connectivity index is 1.64. The molecule has 0 fully saturated rings. The van der Waals surface area contributed by atoms with Crippen molar-refractivity contribution in [2.24, 2.45) is 0 Å². The molecule has 3 aromatic carbocycles. The van der Waals surface area contributed by atoms with Crippen LogP contribution in [0.4, 0.5) is 0 Å². The van der Waals surface area contributed by atoms with Crippen molar-refractivity contribution in [3.63, 3.8) is 0 Å². The molecule has 0 amide bonds. The van der Waals surface area contributed by atoms with Crippen LogP contribution in [0.25, 0.3) is 11.0 Å². The van der Waals surface area contributed by atoms with Gasteiger partial charge in [-0.1, -0.05) is 36.4 Å². The van der Waals surface area contributed by atoms with Crippen LogP contribution in [-0.4, -0.2) is 27.2 Å². The molecule has 0 saturated heterocycles. The number of aryl methyl sites for hydroxylation is 1. The molecule has 1 heterocycles. The average Bonchev–Trinajstić information content (AvgIpc) is 3.09. The van der Waals surface area contributed by atoms with E-state index in [1.165, 1.54) is 11.6 Å². The molecule has 0 aliphatic carbocycles. The van der Waals surface area contributed by atoms with E-state index in [1.54, 1.807) is 12.1 Å². The summed E-state index contributed by atoms with van der Waals surface area (Å²) in [6, 6.07) is 21.2. The number of nitrogens with zero attached hydrogens (tertiary/aromatic N) is 2. The first-order valence-corrected chi connectivity index (χ1v) is 10.2. The zero-order valence-corrected chi connectivity index (χ0v) is 17.5. The summed E-state index contributed by atoms with van der Waals surface area (Å²) in [5.41, 5.74) is 4.40. The molecule has 6 heteroatoms. The van der Waals surface area contributed by atoms with E-state index >= 15 is 0 Å². The second-order valence-corrected chi connectivity index (χ2v) is 7.28. The van der Waals surface area contributed by atoms with Gasteiger partial charge in [-0.3, -0.25) is 0 Å². The minimum atomic E-state index is -1.03. The number of hydrogen-bond donors (Lipinski definition) is 1. The molecule has 31 heavy (non-hydrogen) atoms. The van der Waals surface area contributed by atoms with Gasteiger partial charge in [0.15, 0.2) is 0 Å². The molecule has 0 aliphatic rings. The van der Waals surface area contributed by atoms with Crippen molar-refractivity contribution in [3.8, 4) is 11.5 Å². The summed E-state index contributed by atoms with van der Waals surface area (Å²) in [5, 5.41) is 9.34. The molecular formula is C25H24N2O4. The number of carbonyl (C=O) groups is 1. The summed E-state index contributed by atoms with van der Waals surface area (Å²) in [6.45, 7) is 5.16. The maximum atomic E-state index is 11.4. The fourth-order valence-corrected chi connectivity index (χ4v) is 3.53. The molecule has 0 spiro atoms. The lowest BCUT2D eigenvalue weighted by molar-refractivity contribution is 0.0692. The molecule has 0 aliphatic heterocycles. The number of rotatable bonds is 8. The first kappa shape index (κ1) is 20.5. The second-order valence-electron chi connectivity index (χ2n) is 7.28. The van der Waals surface area contributed by atoms with Gasteiger partial charge in [0, 0.05) is 12.6 Å². The zero-order valence-electron chi connectivity index (χ0n) is 17.5. The van der Waals surface area contributed by atoms with Crippen molar-refractivity contribution >= 4 is 17.0 Å². The summed E-state index contributed by atoms with van der Waals surface area (Å²) in [7, 11) is 0. The average molecular weight is 416 g/mol. The standard InChI is InChI=1S/C25H24N2O4/c1-3-30-23-14-19(10-11-20(23)25(28)29)31-16-24-26-21-13-17(2)9-12-22(21)27(24)15-18-7-5-4-6-8-18/h4-14H,3,15-16H2,1-2H3,(H,28,29). The Kier molecular flexibility index (Phi) is 5.89. The summed E-state index contributed by atoms with van der Waals surface area (Å²) in [4.78, 5) is 16.2. The van der Waals surface area contributed by atoms with Gasteiger partial charge in [0.2, 0.25) is 0 Å². The third kappa shape index (κ3) is 4.53. The number of carboxylic acid groups (broad SMARTS) is 1. The number of fused-ring (bicyclic) bond motifs is 1. The van der Waals surface area contributed by atoms with Gasteiger partial charge in [-0.15, -0.1) is 0 Å². The van der Waals surface area contributed by atoms with Crippen molar-refractivity contribution < 1.29 is 19.4 Å². The van der Waals surface area contributed by atoms with Crippen LogP contribution in [0.1, 0.15) is 34.2 Å². The number of carboxylic acids is 1. The topological polar surface area (TPSA) is 73.6 Å². The van der Waals surface area contributed by atoms with Crippen molar-refractivity contribution in [1.82, 2.24) is 9.55 Å². The summed E-state index contributed by atoms with van der Waals surface area (Å²) < 4.78 is 13.6. The van der Waals surface area contributed by atoms with E-state index in [1.807, 2.05) is 32.0 Å². The van der Waals surface area contributed by atoms with Gasteiger partial charge in [-0.2, -0.15) is 0 Å². The Bertz CT molecular complexity index is 1220. The van der Waals surface area contributed by atoms with Crippen LogP contribution >= 0.6 is 0 Å². The highest BCUT2D eigenvalue weighted by Gasteiger charge is 2.15. The van der Waals surface area contributed by atoms with Crippen LogP contribution in [0.3, 0.4) is 0 Å². The molecule has 1 N–H and O–H groups in total. The number of benzene rings is 3. The van der Waals surface area contributed by atoms with Crippen LogP contribution in [0.15, 0.2) is 66.7 Å². The number of hydrogen-bond acceptors (Lipinski definition) is 4. The molecule has 158 valence electrons. The minimum Gasteiger partial charge on any atom is -0.493 e. The maximum Gasteiger partial charge on any atom is 0.339 e. The molecule has 4 rings (SSSR count). The molecule has 0 bridgehead atoms. The highest BCUT2D eigenvalue weighted by Crippen LogP contribution is 2.27. The van der Waals surface area contributed by atoms with E-state index in [0.29, 0.717) is 24.7 Å². The number of ether oxygens (including phenoxy) is 2. The lowest BCUT2D eigenvalue weighted by Crippen LogP contribution is -2.09. The fourth-order valence-electron chi connectivity index (χ4n) is 3.53. The molecular weight excluding hydrogens is 392 g/mol. The quantitative estimate of drug-likeness (QED) is 0.434. The van der Waals surface area contributed by atoms with Crippen LogP contribution < -0.4 is 9.47 Å². The van der Waals surface area contributed by atoms with Gasteiger partial charge in [0.1, 0.15) is 29.5 Å². The van der Waals surface area contributed by atoms with Crippen LogP contribution in [0.5, 0.6) is 11.5 Å². The second kappa shape index (κ2) is 8.92. The molecule has 1 aromatic heterocycles. The first-order chi connectivity index (χ1) is 15.0. The zero-order chi connectivity index (χ0) is 21.8. The third-order valence-corrected chi connectivity index (χ3v) is 5.02. The Labute approximate surface area is 180 Å². The smallest absolute Gasteiger partial charge is 0.339 e. The molecule has 6 nitrogen and oxygen atoms in total. The number of aromatic carboxylic acids is 1. The van der Waals surface area contributed by atoms with Crippen molar-refractivity contribution in [2.75, 3.05) is 6.61 Å². The van der Waals surface area contributed by atoms with Crippen LogP contribution in [0, 0.1) is 6.92 Å². The molecule has 0 atom stereocenters. The summed E-state index contributed by atoms with van der Waals surface area (Å²) in [6.07, 6.45) is 0. The third-order valence-electron chi connectivity index (χ3n) is 5.02. The monoisotopic (exact) mass is 416 g/mol. The molecule has 0 radical (unpaired) electrons. The van der Waals surface area contributed by atoms with Gasteiger partial charge >= 0.3 is 5.97 Å². The van der Waals surface area contributed by atoms with Gasteiger partial charge in [0.25, 0.3) is 0 Å². The Morgan fingerprint density at radius 2 is 1.84 bits per heavy atom. The predicted octanol–water partition coefficient (Wildman–Crippen LogP) is 5.07. The largest absolute Gasteiger partial charge is 0.493 e. The van der Waals surface area contributed by atoms with E-state index in [-0.39, 0.29) is 12.2 Å². The SMILES string of the molecule is CCOc1cc(OCc2nc3cc(C)ccc3n2Cc2ccccc2)ccc1C(=O)O. The lowest BCUT2D eigenvalue weighted by atomic mass is 10.2. The van der Waals surface area contributed by atoms with Crippen molar-refractivity contribution in [2.45, 2.75) is 27.0 Å². The van der Waals surface area contributed by atoms with Gasteiger partial charge < -0.3 is 19.1 Å². The van der Waals surface area contributed by atoms with E-state index in [9.17, 15) is 9.90 Å². The van der Waals surface area contributed by atoms with Crippen LogP contribution in [-0.2, 0) is 13.2 Å². The van der Waals surface area contributed by atoms with Crippen molar-refractivity contribution in [1.29, 1.82) is 0 Å². The summed E-state index contributed by atoms with van der Waals surface area (Å²) in [5.74, 6) is 0.587. The Morgan fingerprint density at radius 1 is 1.03 bits per heavy atom. The minimum absolute atomic E-state index is 0.112. The number of aromatic nitrogens is 2. The van der Waals surface area contributed by atoms with E-state index in [0.717, 1.165) is 22.4 Å². The highest BCUT2D eigenvalue weighted by atomic mass is 16.5. The lowest BCUT2D eigenvalue weighted by Gasteiger charge is -2.13. The van der Waals surface area contributed by atoms with Crippen molar-refractivity contribution in [3.05, 3.63) is 89.2 Å². The fraction of sp³-hybridized carbons (Fsp3) is 0.200. The molecule has 4 aromatic rings. The van der Waals surface area contributed by atoms with E-state index < -0.39 is 5.97 Å². The Morgan fingerprint density at radius 3 is 2.58 bits per heavy atom.